The lowest BCUT2D eigenvalue weighted by atomic mass is 10.3. The minimum atomic E-state index is 0. The largest absolute Gasteiger partial charge is 1.00 e. The average molecular weight is 475 g/mol. The maximum absolute atomic E-state index is 6.43. The normalized spacial score (nSPS) is 15.0. The van der Waals surface area contributed by atoms with Crippen molar-refractivity contribution < 1.29 is 28.5 Å². The van der Waals surface area contributed by atoms with Crippen LogP contribution in [0.2, 0.25) is 5.15 Å². The van der Waals surface area contributed by atoms with Gasteiger partial charge in [0.1, 0.15) is 6.54 Å². The van der Waals surface area contributed by atoms with Crippen molar-refractivity contribution in [3.8, 4) is 0 Å². The van der Waals surface area contributed by atoms with Gasteiger partial charge in [-0.1, -0.05) is 0 Å². The number of rotatable bonds is 2. The molecule has 1 fully saturated rings. The van der Waals surface area contributed by atoms with Gasteiger partial charge in [-0.15, -0.1) is 0 Å². The van der Waals surface area contributed by atoms with Crippen molar-refractivity contribution in [1.29, 1.82) is 0 Å². The molecule has 0 unspecified atom stereocenters. The van der Waals surface area contributed by atoms with Crippen molar-refractivity contribution in [1.82, 2.24) is 4.57 Å². The first kappa shape index (κ1) is 13.9. The minimum absolute atomic E-state index is 0. The fraction of sp³-hybridized carbons (Fsp3) is 0.417. The predicted molar refractivity (Wildman–Crippen MR) is 73.8 cm³/mol. The molecule has 0 bridgehead atoms. The van der Waals surface area contributed by atoms with Crippen LogP contribution in [0.3, 0.4) is 0 Å². The first-order chi connectivity index (χ1) is 7.72. The van der Waals surface area contributed by atoms with Crippen molar-refractivity contribution >= 4 is 45.1 Å². The van der Waals surface area contributed by atoms with Crippen LogP contribution in [0, 0.1) is 3.57 Å². The van der Waals surface area contributed by atoms with Gasteiger partial charge in [0.2, 0.25) is 0 Å². The molecule has 5 heteroatoms. The fourth-order valence-electron chi connectivity index (χ4n) is 2.15. The van der Waals surface area contributed by atoms with E-state index in [1.165, 1.54) is 27.3 Å². The van der Waals surface area contributed by atoms with Gasteiger partial charge in [-0.25, -0.2) is 0 Å². The Bertz CT molecular complexity index is 561. The van der Waals surface area contributed by atoms with E-state index in [1.54, 1.807) is 0 Å². The van der Waals surface area contributed by atoms with Gasteiger partial charge in [0, 0.05) is 21.9 Å². The maximum atomic E-state index is 6.43. The Hall–Kier alpha value is 0.440. The summed E-state index contributed by atoms with van der Waals surface area (Å²) in [5.41, 5.74) is 1.28. The zero-order valence-corrected chi connectivity index (χ0v) is 14.5. The molecule has 2 aromatic heterocycles. The first-order valence-corrected chi connectivity index (χ1v) is 7.06. The van der Waals surface area contributed by atoms with Crippen LogP contribution in [0.5, 0.6) is 0 Å². The van der Waals surface area contributed by atoms with Gasteiger partial charge in [0.25, 0.3) is 5.15 Å². The molecule has 92 valence electrons. The highest BCUT2D eigenvalue weighted by molar-refractivity contribution is 14.1. The lowest BCUT2D eigenvalue weighted by Gasteiger charge is -2.02. The number of hydrogen-bond acceptors (Lipinski definition) is 0. The Morgan fingerprint density at radius 1 is 1.53 bits per heavy atom. The van der Waals surface area contributed by atoms with E-state index in [2.05, 4.69) is 57.1 Å². The second-order valence-electron chi connectivity index (χ2n) is 4.27. The second-order valence-corrected chi connectivity index (χ2v) is 5.79. The highest BCUT2D eigenvalue weighted by atomic mass is 127. The molecule has 0 N–H and O–H groups in total. The molecule has 0 aliphatic heterocycles. The van der Waals surface area contributed by atoms with Crippen molar-refractivity contribution in [2.24, 2.45) is 0 Å². The number of halogens is 3. The second kappa shape index (κ2) is 5.21. The Morgan fingerprint density at radius 3 is 2.82 bits per heavy atom. The molecule has 1 saturated carbocycles. The van der Waals surface area contributed by atoms with E-state index in [0.717, 1.165) is 11.7 Å². The van der Waals surface area contributed by atoms with Crippen LogP contribution in [0.1, 0.15) is 25.8 Å². The molecular formula is C12H13ClI2N2. The monoisotopic (exact) mass is 474 g/mol. The van der Waals surface area contributed by atoms with Gasteiger partial charge < -0.3 is 28.5 Å². The van der Waals surface area contributed by atoms with E-state index in [0.29, 0.717) is 6.04 Å². The fourth-order valence-corrected chi connectivity index (χ4v) is 3.52. The molecule has 3 rings (SSSR count). The summed E-state index contributed by atoms with van der Waals surface area (Å²) in [4.78, 5) is 0. The van der Waals surface area contributed by atoms with E-state index in [1.807, 2.05) is 0 Å². The molecule has 0 aromatic carbocycles. The number of hydrogen-bond donors (Lipinski definition) is 0. The minimum Gasteiger partial charge on any atom is -1.00 e. The lowest BCUT2D eigenvalue weighted by Crippen LogP contribution is -3.00. The van der Waals surface area contributed by atoms with E-state index >= 15 is 0 Å². The molecule has 0 saturated heterocycles. The van der Waals surface area contributed by atoms with Gasteiger partial charge >= 0.3 is 0 Å². The summed E-state index contributed by atoms with van der Waals surface area (Å²) in [5.74, 6) is 0. The molecular weight excluding hydrogens is 461 g/mol. The van der Waals surface area contributed by atoms with E-state index < -0.39 is 0 Å². The van der Waals surface area contributed by atoms with Crippen molar-refractivity contribution in [2.45, 2.75) is 32.4 Å². The number of fused-ring (bicyclic) bond motifs is 1. The molecule has 2 nitrogen and oxygen atoms in total. The van der Waals surface area contributed by atoms with Gasteiger partial charge in [0.05, 0.1) is 10.9 Å². The third-order valence-electron chi connectivity index (χ3n) is 3.18. The van der Waals surface area contributed by atoms with Gasteiger partial charge in [-0.2, -0.15) is 4.57 Å². The van der Waals surface area contributed by atoms with Crippen LogP contribution >= 0.6 is 34.2 Å². The quantitative estimate of drug-likeness (QED) is 0.342. The summed E-state index contributed by atoms with van der Waals surface area (Å²) in [6.07, 6.45) is 6.93. The third kappa shape index (κ3) is 2.32. The molecule has 1 aliphatic carbocycles. The summed E-state index contributed by atoms with van der Waals surface area (Å²) in [6.45, 7) is 3.03. The summed E-state index contributed by atoms with van der Waals surface area (Å²) < 4.78 is 5.72. The van der Waals surface area contributed by atoms with Crippen LogP contribution in [-0.4, -0.2) is 4.57 Å². The average Bonchev–Trinajstić information content (AvgIpc) is 3.05. The first-order valence-electron chi connectivity index (χ1n) is 5.60. The molecule has 2 heterocycles. The summed E-state index contributed by atoms with van der Waals surface area (Å²) >= 11 is 8.81. The van der Waals surface area contributed by atoms with Crippen LogP contribution in [0.4, 0.5) is 0 Å². The van der Waals surface area contributed by atoms with Crippen molar-refractivity contribution in [3.05, 3.63) is 27.2 Å². The highest BCUT2D eigenvalue weighted by Crippen LogP contribution is 2.40. The number of nitrogens with zero attached hydrogens (tertiary/aromatic N) is 2. The molecule has 0 atom stereocenters. The topological polar surface area (TPSA) is 8.81 Å². The lowest BCUT2D eigenvalue weighted by molar-refractivity contribution is -0.690. The molecule has 17 heavy (non-hydrogen) atoms. The Morgan fingerprint density at radius 2 is 2.24 bits per heavy atom. The zero-order chi connectivity index (χ0) is 11.3. The SMILES string of the molecule is CC[n+]1ccc2c(c(I)cn2C2CC2)c1Cl.[I-]. The van der Waals surface area contributed by atoms with Crippen molar-refractivity contribution in [2.75, 3.05) is 0 Å². The number of aromatic nitrogens is 2. The van der Waals surface area contributed by atoms with Gasteiger partial charge in [-0.3, -0.25) is 0 Å². The Kier molecular flexibility index (Phi) is 4.24. The predicted octanol–water partition coefficient (Wildman–Crippen LogP) is 0.546. The standard InChI is InChI=1S/C12H13ClIN2.HI/c1-2-15-6-5-10-11(12(15)13)9(14)7-16(10)8-3-4-8;/h5-8H,2-4H2,1H3;1H/q+1;/p-1. The summed E-state index contributed by atoms with van der Waals surface area (Å²) in [7, 11) is 0. The molecule has 0 amide bonds. The molecule has 2 aromatic rings. The molecule has 0 spiro atoms. The van der Waals surface area contributed by atoms with Crippen LogP contribution in [0.15, 0.2) is 18.5 Å². The Balaban J connectivity index is 0.00000108. The summed E-state index contributed by atoms with van der Waals surface area (Å²) in [5, 5.41) is 2.07. The van der Waals surface area contributed by atoms with E-state index in [9.17, 15) is 0 Å². The van der Waals surface area contributed by atoms with Crippen LogP contribution in [-0.2, 0) is 6.54 Å². The smallest absolute Gasteiger partial charge is 0.285 e. The van der Waals surface area contributed by atoms with Gasteiger partial charge in [0.15, 0.2) is 6.20 Å². The maximum Gasteiger partial charge on any atom is 0.285 e. The number of aryl methyl sites for hydroxylation is 1. The van der Waals surface area contributed by atoms with Crippen molar-refractivity contribution in [3.63, 3.8) is 0 Å². The highest BCUT2D eigenvalue weighted by Gasteiger charge is 2.27. The van der Waals surface area contributed by atoms with E-state index in [4.69, 9.17) is 11.6 Å². The number of pyridine rings is 1. The van der Waals surface area contributed by atoms with Crippen LogP contribution < -0.4 is 28.5 Å². The van der Waals surface area contributed by atoms with Gasteiger partial charge in [-0.05, 0) is 54.0 Å². The zero-order valence-electron chi connectivity index (χ0n) is 9.46. The third-order valence-corrected chi connectivity index (χ3v) is 4.40. The van der Waals surface area contributed by atoms with E-state index in [-0.39, 0.29) is 24.0 Å². The van der Waals surface area contributed by atoms with Crippen LogP contribution in [0.25, 0.3) is 10.9 Å². The molecule has 1 aliphatic rings. The molecule has 0 radical (unpaired) electrons. The summed E-state index contributed by atoms with van der Waals surface area (Å²) in [6, 6.07) is 2.89. The Labute approximate surface area is 136 Å².